The van der Waals surface area contributed by atoms with E-state index in [9.17, 15) is 15.2 Å². The van der Waals surface area contributed by atoms with Crippen molar-refractivity contribution in [3.05, 3.63) is 75.2 Å². The molecule has 0 spiro atoms. The van der Waals surface area contributed by atoms with E-state index in [1.165, 1.54) is 28.2 Å². The number of aryl methyl sites for hydroxylation is 1. The molecule has 0 fully saturated rings. The molecule has 4 aromatic rings. The first-order chi connectivity index (χ1) is 14.9. The van der Waals surface area contributed by atoms with Crippen LogP contribution in [0.3, 0.4) is 0 Å². The maximum atomic E-state index is 12.2. The van der Waals surface area contributed by atoms with Gasteiger partial charge in [0, 0.05) is 29.6 Å². The number of hydrogen-bond acceptors (Lipinski definition) is 9. The van der Waals surface area contributed by atoms with Gasteiger partial charge in [0.25, 0.3) is 11.4 Å². The molecule has 31 heavy (non-hydrogen) atoms. The number of aromatic nitrogens is 3. The number of nitro groups is 1. The van der Waals surface area contributed by atoms with Gasteiger partial charge < -0.3 is 9.63 Å². The van der Waals surface area contributed by atoms with E-state index in [0.717, 1.165) is 11.1 Å². The first-order valence-electron chi connectivity index (χ1n) is 9.09. The summed E-state index contributed by atoms with van der Waals surface area (Å²) in [5.74, 6) is -0.594. The molecule has 0 unspecified atom stereocenters. The molecule has 2 heterocycles. The quantitative estimate of drug-likeness (QED) is 0.212. The summed E-state index contributed by atoms with van der Waals surface area (Å²) in [4.78, 5) is 14.7. The number of non-ortho nitro benzene ring substituents is 1. The molecule has 11 heteroatoms. The number of benzene rings is 2. The van der Waals surface area contributed by atoms with Gasteiger partial charge >= 0.3 is 0 Å². The average Bonchev–Trinajstić information content (AvgIpc) is 3.39. The third-order valence-electron chi connectivity index (χ3n) is 4.45. The summed E-state index contributed by atoms with van der Waals surface area (Å²) in [5.41, 5.74) is 6.59. The summed E-state index contributed by atoms with van der Waals surface area (Å²) in [7, 11) is 0. The zero-order valence-corrected chi connectivity index (χ0v) is 17.3. The van der Waals surface area contributed by atoms with Crippen LogP contribution < -0.4 is 15.2 Å². The van der Waals surface area contributed by atoms with E-state index < -0.39 is 10.9 Å². The lowest BCUT2D eigenvalue weighted by molar-refractivity contribution is -0.660. The number of hydrazone groups is 1. The minimum absolute atomic E-state index is 0.0121. The minimum atomic E-state index is -0.594. The van der Waals surface area contributed by atoms with Gasteiger partial charge in [-0.15, -0.1) is 11.3 Å². The van der Waals surface area contributed by atoms with Crippen LogP contribution in [-0.4, -0.2) is 20.9 Å². The van der Waals surface area contributed by atoms with Crippen molar-refractivity contribution in [2.24, 2.45) is 5.10 Å². The first-order valence-corrected chi connectivity index (χ1v) is 9.97. The van der Waals surface area contributed by atoms with Crippen LogP contribution in [-0.2, 0) is 0 Å². The highest BCUT2D eigenvalue weighted by Crippen LogP contribution is 2.28. The average molecular weight is 436 g/mol. The maximum absolute atomic E-state index is 12.2. The second kappa shape index (κ2) is 8.32. The van der Waals surface area contributed by atoms with Crippen LogP contribution in [0.5, 0.6) is 5.95 Å². The molecule has 0 atom stereocenters. The van der Waals surface area contributed by atoms with Gasteiger partial charge in [0.1, 0.15) is 0 Å². The Labute approximate surface area is 180 Å². The smallest absolute Gasteiger partial charge is 0.289 e. The number of hydrogen-bond donors (Lipinski definition) is 1. The molecular formula is C20H16N6O4S. The maximum Gasteiger partial charge on any atom is 0.289 e. The van der Waals surface area contributed by atoms with Gasteiger partial charge in [0.2, 0.25) is 10.8 Å². The van der Waals surface area contributed by atoms with Crippen molar-refractivity contribution in [3.8, 4) is 23.0 Å². The molecule has 156 valence electrons. The van der Waals surface area contributed by atoms with Gasteiger partial charge in [-0.25, -0.2) is 4.98 Å². The zero-order valence-electron chi connectivity index (χ0n) is 16.5. The summed E-state index contributed by atoms with van der Waals surface area (Å²) in [5, 5.41) is 33.3. The van der Waals surface area contributed by atoms with E-state index in [1.807, 2.05) is 31.2 Å². The van der Waals surface area contributed by atoms with Crippen molar-refractivity contribution in [1.29, 1.82) is 0 Å². The summed E-state index contributed by atoms with van der Waals surface area (Å²) in [6.07, 6.45) is 0. The Morgan fingerprint density at radius 2 is 1.90 bits per heavy atom. The SMILES string of the molecule is C/C(=N\Nc1nc(-c2c([O-])on[n+]2-c2ccc(C)cc2)cs1)c1ccc([N+](=O)[O-])cc1. The van der Waals surface area contributed by atoms with Crippen molar-refractivity contribution in [2.75, 3.05) is 5.43 Å². The lowest BCUT2D eigenvalue weighted by Gasteiger charge is -2.01. The number of nitro benzene ring substituents is 1. The predicted molar refractivity (Wildman–Crippen MR) is 112 cm³/mol. The van der Waals surface area contributed by atoms with Crippen LogP contribution in [0.1, 0.15) is 18.1 Å². The van der Waals surface area contributed by atoms with E-state index in [4.69, 9.17) is 4.52 Å². The second-order valence-electron chi connectivity index (χ2n) is 6.61. The highest BCUT2D eigenvalue weighted by Gasteiger charge is 2.24. The highest BCUT2D eigenvalue weighted by molar-refractivity contribution is 7.14. The predicted octanol–water partition coefficient (Wildman–Crippen LogP) is 3.20. The molecule has 2 aromatic carbocycles. The van der Waals surface area contributed by atoms with Crippen molar-refractivity contribution >= 4 is 27.9 Å². The van der Waals surface area contributed by atoms with E-state index in [1.54, 1.807) is 24.4 Å². The van der Waals surface area contributed by atoms with E-state index in [-0.39, 0.29) is 11.4 Å². The Morgan fingerprint density at radius 1 is 1.19 bits per heavy atom. The van der Waals surface area contributed by atoms with Gasteiger partial charge in [-0.05, 0) is 36.2 Å². The van der Waals surface area contributed by atoms with Crippen LogP contribution >= 0.6 is 11.3 Å². The van der Waals surface area contributed by atoms with Gasteiger partial charge in [0.15, 0.2) is 11.6 Å². The number of nitrogens with one attached hydrogen (secondary N) is 1. The van der Waals surface area contributed by atoms with Gasteiger partial charge in [0.05, 0.1) is 15.9 Å². The molecule has 0 aliphatic heterocycles. The topological polar surface area (TPSA) is 133 Å². The van der Waals surface area contributed by atoms with E-state index >= 15 is 0 Å². The largest absolute Gasteiger partial charge is 0.539 e. The highest BCUT2D eigenvalue weighted by atomic mass is 32.1. The molecule has 0 aliphatic rings. The Bertz CT molecular complexity index is 1260. The first kappa shape index (κ1) is 20.2. The van der Waals surface area contributed by atoms with Gasteiger partial charge in [-0.2, -0.15) is 5.10 Å². The summed E-state index contributed by atoms with van der Waals surface area (Å²) >= 11 is 1.27. The van der Waals surface area contributed by atoms with Crippen molar-refractivity contribution < 1.29 is 19.2 Å². The Kier molecular flexibility index (Phi) is 5.41. The van der Waals surface area contributed by atoms with Crippen LogP contribution in [0.4, 0.5) is 10.8 Å². The fourth-order valence-electron chi connectivity index (χ4n) is 2.78. The second-order valence-corrected chi connectivity index (χ2v) is 7.47. The number of rotatable bonds is 6. The van der Waals surface area contributed by atoms with Crippen molar-refractivity contribution in [3.63, 3.8) is 0 Å². The van der Waals surface area contributed by atoms with Crippen LogP contribution in [0, 0.1) is 17.0 Å². The molecule has 1 N–H and O–H groups in total. The number of thiazole rings is 1. The Hall–Kier alpha value is -4.12. The lowest BCUT2D eigenvalue weighted by Crippen LogP contribution is -2.34. The van der Waals surface area contributed by atoms with Gasteiger partial charge in [-0.1, -0.05) is 17.7 Å². The summed E-state index contributed by atoms with van der Waals surface area (Å²) < 4.78 is 6.26. The molecule has 0 aliphatic carbocycles. The van der Waals surface area contributed by atoms with Crippen LogP contribution in [0.25, 0.3) is 17.1 Å². The van der Waals surface area contributed by atoms with Crippen molar-refractivity contribution in [2.45, 2.75) is 13.8 Å². The molecule has 0 radical (unpaired) electrons. The molecule has 2 aromatic heterocycles. The Morgan fingerprint density at radius 3 is 2.58 bits per heavy atom. The van der Waals surface area contributed by atoms with Crippen LogP contribution in [0.15, 0.2) is 63.5 Å². The van der Waals surface area contributed by atoms with Crippen LogP contribution in [0.2, 0.25) is 0 Å². The van der Waals surface area contributed by atoms with Gasteiger partial charge in [-0.3, -0.25) is 15.5 Å². The fraction of sp³-hybridized carbons (Fsp3) is 0.100. The third kappa shape index (κ3) is 4.26. The fourth-order valence-corrected chi connectivity index (χ4v) is 3.42. The van der Waals surface area contributed by atoms with E-state index in [2.05, 4.69) is 20.8 Å². The summed E-state index contributed by atoms with van der Waals surface area (Å²) in [6.45, 7) is 3.73. The molecule has 10 nitrogen and oxygen atoms in total. The molecule has 4 rings (SSSR count). The number of nitrogens with zero attached hydrogens (tertiary/aromatic N) is 5. The molecule has 0 amide bonds. The van der Waals surface area contributed by atoms with E-state index in [0.29, 0.717) is 22.2 Å². The lowest BCUT2D eigenvalue weighted by atomic mass is 10.1. The minimum Gasteiger partial charge on any atom is -0.539 e. The molecular weight excluding hydrogens is 420 g/mol. The Balaban J connectivity index is 1.55. The number of anilines is 1. The standard InChI is InChI=1S/C20H16N6O4S/c1-12-3-7-15(8-4-12)25-18(19(27)30-24-25)17-11-31-20(21-17)23-22-13(2)14-5-9-16(10-6-14)26(28)29/h3-11H,1-2H3,(H-,21,23,24,27)/b22-13+. The zero-order chi connectivity index (χ0) is 22.0. The molecule has 0 bridgehead atoms. The normalized spacial score (nSPS) is 11.5. The molecule has 0 saturated heterocycles. The monoisotopic (exact) mass is 436 g/mol. The third-order valence-corrected chi connectivity index (χ3v) is 5.20. The molecule has 0 saturated carbocycles. The van der Waals surface area contributed by atoms with Crippen molar-refractivity contribution in [1.82, 2.24) is 10.3 Å². The summed E-state index contributed by atoms with van der Waals surface area (Å²) in [6, 6.07) is 13.6.